The lowest BCUT2D eigenvalue weighted by Gasteiger charge is -2.29. The first-order valence-electron chi connectivity index (χ1n) is 7.75. The Morgan fingerprint density at radius 2 is 2.05 bits per heavy atom. The molecule has 0 radical (unpaired) electrons. The van der Waals surface area contributed by atoms with Crippen LogP contribution in [0.15, 0.2) is 42.5 Å². The molecule has 0 aliphatic carbocycles. The fourth-order valence-corrected chi connectivity index (χ4v) is 3.13. The highest BCUT2D eigenvalue weighted by Gasteiger charge is 2.22. The molecule has 2 N–H and O–H groups in total. The number of nitrogens with one attached hydrogen (secondary N) is 2. The van der Waals surface area contributed by atoms with Gasteiger partial charge in [-0.3, -0.25) is 4.79 Å². The summed E-state index contributed by atoms with van der Waals surface area (Å²) < 4.78 is 0. The average Bonchev–Trinajstić information content (AvgIpc) is 2.55. The van der Waals surface area contributed by atoms with Crippen molar-refractivity contribution in [3.63, 3.8) is 0 Å². The van der Waals surface area contributed by atoms with Crippen LogP contribution in [0.1, 0.15) is 30.1 Å². The molecule has 110 valence electrons. The Kier molecular flexibility index (Phi) is 4.20. The van der Waals surface area contributed by atoms with Crippen molar-refractivity contribution in [2.24, 2.45) is 5.92 Å². The first-order chi connectivity index (χ1) is 10.3. The second kappa shape index (κ2) is 6.27. The van der Waals surface area contributed by atoms with Gasteiger partial charge in [-0.05, 0) is 55.6 Å². The molecule has 3 rings (SSSR count). The SMILES string of the molecule is CC(NC(=O)c1cccc2ccccc12)C1CCCNC1. The number of piperidine rings is 1. The van der Waals surface area contributed by atoms with Gasteiger partial charge in [-0.15, -0.1) is 0 Å². The highest BCUT2D eigenvalue weighted by atomic mass is 16.1. The zero-order valence-electron chi connectivity index (χ0n) is 12.4. The van der Waals surface area contributed by atoms with Crippen LogP contribution in [0.3, 0.4) is 0 Å². The molecule has 1 heterocycles. The van der Waals surface area contributed by atoms with Crippen molar-refractivity contribution in [2.45, 2.75) is 25.8 Å². The van der Waals surface area contributed by atoms with Crippen LogP contribution in [0.25, 0.3) is 10.8 Å². The maximum atomic E-state index is 12.6. The summed E-state index contributed by atoms with van der Waals surface area (Å²) in [5.41, 5.74) is 0.767. The van der Waals surface area contributed by atoms with Crippen LogP contribution >= 0.6 is 0 Å². The van der Waals surface area contributed by atoms with Gasteiger partial charge >= 0.3 is 0 Å². The largest absolute Gasteiger partial charge is 0.349 e. The number of hydrogen-bond donors (Lipinski definition) is 2. The van der Waals surface area contributed by atoms with Crippen molar-refractivity contribution in [2.75, 3.05) is 13.1 Å². The molecular weight excluding hydrogens is 260 g/mol. The minimum absolute atomic E-state index is 0.0323. The predicted molar refractivity (Wildman–Crippen MR) is 86.5 cm³/mol. The van der Waals surface area contributed by atoms with Crippen molar-refractivity contribution < 1.29 is 4.79 Å². The minimum atomic E-state index is 0.0323. The molecule has 3 heteroatoms. The van der Waals surface area contributed by atoms with E-state index in [4.69, 9.17) is 0 Å². The van der Waals surface area contributed by atoms with E-state index in [2.05, 4.69) is 17.6 Å². The number of hydrogen-bond acceptors (Lipinski definition) is 2. The van der Waals surface area contributed by atoms with E-state index in [1.165, 1.54) is 12.8 Å². The molecule has 2 unspecified atom stereocenters. The van der Waals surface area contributed by atoms with E-state index >= 15 is 0 Å². The molecule has 1 aliphatic rings. The fraction of sp³-hybridized carbons (Fsp3) is 0.389. The van der Waals surface area contributed by atoms with Crippen molar-refractivity contribution >= 4 is 16.7 Å². The standard InChI is InChI=1S/C18H22N2O/c1-13(15-8-5-11-19-12-15)20-18(21)17-10-4-7-14-6-2-3-9-16(14)17/h2-4,6-7,9-10,13,15,19H,5,8,11-12H2,1H3,(H,20,21). The molecule has 1 aliphatic heterocycles. The van der Waals surface area contributed by atoms with E-state index < -0.39 is 0 Å². The summed E-state index contributed by atoms with van der Waals surface area (Å²) >= 11 is 0. The molecule has 1 amide bonds. The van der Waals surface area contributed by atoms with E-state index in [0.29, 0.717) is 5.92 Å². The third kappa shape index (κ3) is 3.08. The molecule has 3 nitrogen and oxygen atoms in total. The summed E-state index contributed by atoms with van der Waals surface area (Å²) in [6.45, 7) is 4.21. The molecule has 1 fully saturated rings. The monoisotopic (exact) mass is 282 g/mol. The second-order valence-electron chi connectivity index (χ2n) is 5.90. The van der Waals surface area contributed by atoms with E-state index in [9.17, 15) is 4.79 Å². The highest BCUT2D eigenvalue weighted by molar-refractivity contribution is 6.07. The first-order valence-corrected chi connectivity index (χ1v) is 7.75. The van der Waals surface area contributed by atoms with Gasteiger partial charge in [-0.2, -0.15) is 0 Å². The molecule has 1 saturated heterocycles. The van der Waals surface area contributed by atoms with Gasteiger partial charge in [-0.25, -0.2) is 0 Å². The van der Waals surface area contributed by atoms with E-state index in [1.807, 2.05) is 42.5 Å². The summed E-state index contributed by atoms with van der Waals surface area (Å²) in [5, 5.41) is 8.71. The van der Waals surface area contributed by atoms with E-state index in [-0.39, 0.29) is 11.9 Å². The molecule has 0 bridgehead atoms. The molecule has 0 saturated carbocycles. The van der Waals surface area contributed by atoms with Gasteiger partial charge < -0.3 is 10.6 Å². The van der Waals surface area contributed by atoms with Crippen LogP contribution in [0.5, 0.6) is 0 Å². The Bertz CT molecular complexity index is 627. The Hall–Kier alpha value is -1.87. The predicted octanol–water partition coefficient (Wildman–Crippen LogP) is 2.96. The first kappa shape index (κ1) is 14.1. The number of carbonyl (C=O) groups is 1. The Morgan fingerprint density at radius 3 is 2.86 bits per heavy atom. The topological polar surface area (TPSA) is 41.1 Å². The van der Waals surface area contributed by atoms with Crippen molar-refractivity contribution in [3.05, 3.63) is 48.0 Å². The molecule has 21 heavy (non-hydrogen) atoms. The molecule has 2 aromatic rings. The van der Waals surface area contributed by atoms with Crippen LogP contribution in [0, 0.1) is 5.92 Å². The van der Waals surface area contributed by atoms with Gasteiger partial charge in [0.2, 0.25) is 0 Å². The normalized spacial score (nSPS) is 20.1. The summed E-state index contributed by atoms with van der Waals surface area (Å²) in [4.78, 5) is 12.6. The van der Waals surface area contributed by atoms with E-state index in [1.54, 1.807) is 0 Å². The number of carbonyl (C=O) groups excluding carboxylic acids is 1. The lowest BCUT2D eigenvalue weighted by molar-refractivity contribution is 0.0923. The zero-order valence-corrected chi connectivity index (χ0v) is 12.4. The van der Waals surface area contributed by atoms with Crippen LogP contribution in [-0.2, 0) is 0 Å². The Morgan fingerprint density at radius 1 is 1.24 bits per heavy atom. The maximum absolute atomic E-state index is 12.6. The van der Waals surface area contributed by atoms with Crippen molar-refractivity contribution in [3.8, 4) is 0 Å². The van der Waals surface area contributed by atoms with Crippen LogP contribution < -0.4 is 10.6 Å². The Balaban J connectivity index is 1.77. The van der Waals surface area contributed by atoms with Gasteiger partial charge in [0.25, 0.3) is 5.91 Å². The lowest BCUT2D eigenvalue weighted by atomic mass is 9.92. The van der Waals surface area contributed by atoms with Crippen molar-refractivity contribution in [1.29, 1.82) is 0 Å². The van der Waals surface area contributed by atoms with Gasteiger partial charge in [0, 0.05) is 11.6 Å². The lowest BCUT2D eigenvalue weighted by Crippen LogP contribution is -2.44. The number of fused-ring (bicyclic) bond motifs is 1. The molecule has 2 aromatic carbocycles. The third-order valence-corrected chi connectivity index (χ3v) is 4.44. The maximum Gasteiger partial charge on any atom is 0.252 e. The Labute approximate surface area is 125 Å². The number of rotatable bonds is 3. The average molecular weight is 282 g/mol. The smallest absolute Gasteiger partial charge is 0.252 e. The van der Waals surface area contributed by atoms with Crippen LogP contribution in [-0.4, -0.2) is 25.0 Å². The summed E-state index contributed by atoms with van der Waals surface area (Å²) in [5.74, 6) is 0.558. The summed E-state index contributed by atoms with van der Waals surface area (Å²) in [6, 6.07) is 14.1. The third-order valence-electron chi connectivity index (χ3n) is 4.44. The minimum Gasteiger partial charge on any atom is -0.349 e. The van der Waals surface area contributed by atoms with Gasteiger partial charge in [-0.1, -0.05) is 36.4 Å². The van der Waals surface area contributed by atoms with Crippen LogP contribution in [0.4, 0.5) is 0 Å². The van der Waals surface area contributed by atoms with E-state index in [0.717, 1.165) is 29.4 Å². The van der Waals surface area contributed by atoms with Gasteiger partial charge in [0.15, 0.2) is 0 Å². The second-order valence-corrected chi connectivity index (χ2v) is 5.90. The molecule has 0 aromatic heterocycles. The number of amides is 1. The van der Waals surface area contributed by atoms with Crippen LogP contribution in [0.2, 0.25) is 0 Å². The van der Waals surface area contributed by atoms with Gasteiger partial charge in [0.1, 0.15) is 0 Å². The highest BCUT2D eigenvalue weighted by Crippen LogP contribution is 2.20. The zero-order chi connectivity index (χ0) is 14.7. The number of benzene rings is 2. The van der Waals surface area contributed by atoms with Gasteiger partial charge in [0.05, 0.1) is 0 Å². The molecule has 2 atom stereocenters. The summed E-state index contributed by atoms with van der Waals surface area (Å²) in [6.07, 6.45) is 2.38. The quantitative estimate of drug-likeness (QED) is 0.908. The summed E-state index contributed by atoms with van der Waals surface area (Å²) in [7, 11) is 0. The van der Waals surface area contributed by atoms with Crippen molar-refractivity contribution in [1.82, 2.24) is 10.6 Å². The molecule has 0 spiro atoms. The fourth-order valence-electron chi connectivity index (χ4n) is 3.13. The molecular formula is C18H22N2O.